The van der Waals surface area contributed by atoms with Crippen LogP contribution in [-0.4, -0.2) is 16.9 Å². The van der Waals surface area contributed by atoms with E-state index in [1.165, 1.54) is 18.2 Å². The largest absolute Gasteiger partial charge is 0.363 e. The van der Waals surface area contributed by atoms with E-state index in [0.29, 0.717) is 23.4 Å². The number of halogens is 3. The van der Waals surface area contributed by atoms with Crippen molar-refractivity contribution in [1.29, 1.82) is 0 Å². The number of nitrogens with one attached hydrogen (secondary N) is 1. The van der Waals surface area contributed by atoms with E-state index in [1.807, 2.05) is 32.6 Å². The summed E-state index contributed by atoms with van der Waals surface area (Å²) in [6, 6.07) is 4.77. The van der Waals surface area contributed by atoms with Crippen LogP contribution in [0.1, 0.15) is 51.8 Å². The van der Waals surface area contributed by atoms with Gasteiger partial charge in [0, 0.05) is 31.1 Å². The van der Waals surface area contributed by atoms with Crippen molar-refractivity contribution < 1.29 is 18.0 Å². The van der Waals surface area contributed by atoms with Crippen molar-refractivity contribution >= 4 is 17.4 Å². The molecule has 1 aromatic carbocycles. The van der Waals surface area contributed by atoms with Gasteiger partial charge in [0.15, 0.2) is 11.6 Å². The SMILES string of the molecule is C[C@H]1CCc2nc(NC(=O)CC(C)(C)C)c(F)cc2N1Cc1cc(F)cc(F)c1. The zero-order valence-electron chi connectivity index (χ0n) is 17.2. The maximum absolute atomic E-state index is 14.7. The van der Waals surface area contributed by atoms with Crippen LogP contribution < -0.4 is 10.2 Å². The minimum atomic E-state index is -0.647. The number of nitrogens with zero attached hydrogens (tertiary/aromatic N) is 2. The molecule has 0 fully saturated rings. The number of rotatable bonds is 4. The van der Waals surface area contributed by atoms with E-state index in [1.54, 1.807) is 0 Å². The summed E-state index contributed by atoms with van der Waals surface area (Å²) in [5.74, 6) is -2.29. The monoisotopic (exact) mass is 405 g/mol. The first-order chi connectivity index (χ1) is 13.5. The summed E-state index contributed by atoms with van der Waals surface area (Å²) in [6.07, 6.45) is 1.64. The molecular weight excluding hydrogens is 379 g/mol. The fourth-order valence-electron chi connectivity index (χ4n) is 3.57. The van der Waals surface area contributed by atoms with Crippen LogP contribution >= 0.6 is 0 Å². The van der Waals surface area contributed by atoms with Gasteiger partial charge >= 0.3 is 0 Å². The minimum Gasteiger partial charge on any atom is -0.363 e. The number of aromatic nitrogens is 1. The fraction of sp³-hybridized carbons (Fsp3) is 0.455. The van der Waals surface area contributed by atoms with Crippen LogP contribution in [0, 0.1) is 22.9 Å². The molecule has 3 rings (SSSR count). The lowest BCUT2D eigenvalue weighted by Crippen LogP contribution is -2.37. The summed E-state index contributed by atoms with van der Waals surface area (Å²) in [7, 11) is 0. The third-order valence-corrected chi connectivity index (χ3v) is 4.90. The van der Waals surface area contributed by atoms with Crippen LogP contribution in [0.5, 0.6) is 0 Å². The molecule has 4 nitrogen and oxygen atoms in total. The lowest BCUT2D eigenvalue weighted by molar-refractivity contribution is -0.117. The Labute approximate surface area is 169 Å². The van der Waals surface area contributed by atoms with Crippen LogP contribution in [0.25, 0.3) is 0 Å². The van der Waals surface area contributed by atoms with Crippen molar-refractivity contribution in [3.8, 4) is 0 Å². The second-order valence-electron chi connectivity index (χ2n) is 8.86. The Morgan fingerprint density at radius 1 is 1.17 bits per heavy atom. The summed E-state index contributed by atoms with van der Waals surface area (Å²) in [5.41, 5.74) is 1.48. The molecule has 1 aliphatic heterocycles. The molecule has 1 atom stereocenters. The highest BCUT2D eigenvalue weighted by molar-refractivity contribution is 5.90. The minimum absolute atomic E-state index is 0.0522. The molecule has 1 N–H and O–H groups in total. The van der Waals surface area contributed by atoms with Gasteiger partial charge in [-0.3, -0.25) is 4.79 Å². The van der Waals surface area contributed by atoms with Crippen LogP contribution in [-0.2, 0) is 17.8 Å². The zero-order chi connectivity index (χ0) is 21.3. The molecule has 2 aromatic rings. The van der Waals surface area contributed by atoms with Crippen molar-refractivity contribution in [3.05, 3.63) is 53.0 Å². The van der Waals surface area contributed by atoms with Crippen molar-refractivity contribution in [3.63, 3.8) is 0 Å². The van der Waals surface area contributed by atoms with Gasteiger partial charge in [-0.25, -0.2) is 18.2 Å². The van der Waals surface area contributed by atoms with Gasteiger partial charge in [0.05, 0.1) is 11.4 Å². The Hall–Kier alpha value is -2.57. The standard InChI is InChI=1S/C22H26F3N3O/c1-13-5-6-18-19(28(13)12-14-7-15(23)9-16(24)8-14)10-17(25)21(26-18)27-20(29)11-22(2,3)4/h7-10,13H,5-6,11-12H2,1-4H3,(H,26,27,29)/t13-/m0/s1. The normalized spacial score (nSPS) is 16.5. The van der Waals surface area contributed by atoms with E-state index < -0.39 is 17.5 Å². The molecule has 29 heavy (non-hydrogen) atoms. The zero-order valence-corrected chi connectivity index (χ0v) is 17.2. The highest BCUT2D eigenvalue weighted by Gasteiger charge is 2.27. The van der Waals surface area contributed by atoms with Gasteiger partial charge in [-0.05, 0) is 42.9 Å². The highest BCUT2D eigenvalue weighted by atomic mass is 19.1. The van der Waals surface area contributed by atoms with Crippen LogP contribution in [0.15, 0.2) is 24.3 Å². The summed E-state index contributed by atoms with van der Waals surface area (Å²) in [4.78, 5) is 18.4. The molecule has 2 heterocycles. The van der Waals surface area contributed by atoms with Gasteiger partial charge in [0.25, 0.3) is 0 Å². The first kappa shape index (κ1) is 21.1. The maximum Gasteiger partial charge on any atom is 0.226 e. The summed E-state index contributed by atoms with van der Waals surface area (Å²) in [5, 5.41) is 2.56. The maximum atomic E-state index is 14.7. The average molecular weight is 405 g/mol. The van der Waals surface area contributed by atoms with Crippen LogP contribution in [0.3, 0.4) is 0 Å². The third-order valence-electron chi connectivity index (χ3n) is 4.90. The van der Waals surface area contributed by atoms with Crippen molar-refractivity contribution in [2.24, 2.45) is 5.41 Å². The second kappa shape index (κ2) is 8.05. The van der Waals surface area contributed by atoms with E-state index in [9.17, 15) is 18.0 Å². The van der Waals surface area contributed by atoms with Crippen molar-refractivity contribution in [2.75, 3.05) is 10.2 Å². The average Bonchev–Trinajstić information content (AvgIpc) is 2.56. The molecule has 0 bridgehead atoms. The molecule has 0 radical (unpaired) electrons. The topological polar surface area (TPSA) is 45.2 Å². The van der Waals surface area contributed by atoms with Crippen LogP contribution in [0.2, 0.25) is 0 Å². The van der Waals surface area contributed by atoms with E-state index in [-0.39, 0.29) is 36.1 Å². The van der Waals surface area contributed by atoms with Gasteiger partial charge in [0.1, 0.15) is 11.6 Å². The molecular formula is C22H26F3N3O. The molecule has 1 aliphatic rings. The van der Waals surface area contributed by atoms with E-state index in [2.05, 4.69) is 10.3 Å². The molecule has 1 aromatic heterocycles. The first-order valence-electron chi connectivity index (χ1n) is 9.73. The number of fused-ring (bicyclic) bond motifs is 1. The van der Waals surface area contributed by atoms with Crippen molar-refractivity contribution in [1.82, 2.24) is 4.98 Å². The molecule has 0 spiro atoms. The number of aryl methyl sites for hydroxylation is 1. The van der Waals surface area contributed by atoms with Gasteiger partial charge in [-0.15, -0.1) is 0 Å². The van der Waals surface area contributed by atoms with Crippen LogP contribution in [0.4, 0.5) is 24.7 Å². The number of hydrogen-bond donors (Lipinski definition) is 1. The van der Waals surface area contributed by atoms with E-state index in [0.717, 1.165) is 12.5 Å². The molecule has 0 unspecified atom stereocenters. The number of anilines is 2. The Bertz CT molecular complexity index is 904. The first-order valence-corrected chi connectivity index (χ1v) is 9.73. The molecule has 1 amide bonds. The Balaban J connectivity index is 1.87. The second-order valence-corrected chi connectivity index (χ2v) is 8.86. The predicted octanol–water partition coefficient (Wildman–Crippen LogP) is 5.21. The Morgan fingerprint density at radius 3 is 2.45 bits per heavy atom. The number of carbonyl (C=O) groups is 1. The number of carbonyl (C=O) groups excluding carboxylic acids is 1. The van der Waals surface area contributed by atoms with Gasteiger partial charge in [0.2, 0.25) is 5.91 Å². The highest BCUT2D eigenvalue weighted by Crippen LogP contribution is 2.34. The van der Waals surface area contributed by atoms with Gasteiger partial charge < -0.3 is 10.2 Å². The Morgan fingerprint density at radius 2 is 1.83 bits per heavy atom. The molecule has 0 saturated heterocycles. The van der Waals surface area contributed by atoms with E-state index >= 15 is 0 Å². The predicted molar refractivity (Wildman–Crippen MR) is 107 cm³/mol. The summed E-state index contributed by atoms with van der Waals surface area (Å²) >= 11 is 0. The molecule has 0 saturated carbocycles. The number of amides is 1. The third kappa shape index (κ3) is 5.28. The molecule has 156 valence electrons. The van der Waals surface area contributed by atoms with Gasteiger partial charge in [-0.1, -0.05) is 20.8 Å². The summed E-state index contributed by atoms with van der Waals surface area (Å²) < 4.78 is 41.8. The summed E-state index contributed by atoms with van der Waals surface area (Å²) in [6.45, 7) is 8.00. The lowest BCUT2D eigenvalue weighted by atomic mass is 9.92. The number of pyridine rings is 1. The molecule has 7 heteroatoms. The fourth-order valence-corrected chi connectivity index (χ4v) is 3.57. The van der Waals surface area contributed by atoms with E-state index in [4.69, 9.17) is 0 Å². The smallest absolute Gasteiger partial charge is 0.226 e. The lowest BCUT2D eigenvalue weighted by Gasteiger charge is -2.37. The molecule has 0 aliphatic carbocycles. The quantitative estimate of drug-likeness (QED) is 0.759. The number of benzene rings is 1. The number of hydrogen-bond acceptors (Lipinski definition) is 3. The van der Waals surface area contributed by atoms with Crippen molar-refractivity contribution in [2.45, 2.75) is 59.5 Å². The Kier molecular flexibility index (Phi) is 5.87. The van der Waals surface area contributed by atoms with Gasteiger partial charge in [-0.2, -0.15) is 0 Å².